The third-order valence-corrected chi connectivity index (χ3v) is 18.2. The number of amides is 1. The molecule has 0 bridgehead atoms. The average molecular weight is 813 g/mol. The highest BCUT2D eigenvalue weighted by molar-refractivity contribution is 6.01. The van der Waals surface area contributed by atoms with Crippen molar-refractivity contribution >= 4 is 23.4 Å². The molecule has 2 N–H and O–H groups in total. The predicted octanol–water partition coefficient (Wildman–Crippen LogP) is 8.54. The molecule has 8 rings (SSSR count). The van der Waals surface area contributed by atoms with Crippen LogP contribution in [0.3, 0.4) is 0 Å². The summed E-state index contributed by atoms with van der Waals surface area (Å²) in [6.45, 7) is 19.3. The van der Waals surface area contributed by atoms with E-state index in [1.54, 1.807) is 0 Å². The van der Waals surface area contributed by atoms with Gasteiger partial charge in [0.15, 0.2) is 5.78 Å². The number of benzene rings is 1. The first-order valence-corrected chi connectivity index (χ1v) is 23.5. The number of allylic oxidation sites excluding steroid dienone is 2. The molecule has 7 aliphatic rings. The molecule has 0 aromatic heterocycles. The maximum Gasteiger partial charge on any atom is 0.306 e. The molecule has 1 aromatic rings. The molecule has 1 aromatic carbocycles. The minimum Gasteiger partial charge on any atom is -0.492 e. The normalized spacial score (nSPS) is 39.4. The maximum absolute atomic E-state index is 14.0. The number of ketones is 2. The smallest absolute Gasteiger partial charge is 0.306 e. The first-order chi connectivity index (χ1) is 28.1. The van der Waals surface area contributed by atoms with E-state index in [1.807, 2.05) is 31.2 Å². The lowest BCUT2D eigenvalue weighted by Gasteiger charge is -2.67. The summed E-state index contributed by atoms with van der Waals surface area (Å²) in [4.78, 5) is 55.4. The van der Waals surface area contributed by atoms with Crippen LogP contribution in [0.2, 0.25) is 0 Å². The summed E-state index contributed by atoms with van der Waals surface area (Å²) in [6, 6.07) is 8.04. The Bertz CT molecular complexity index is 1800. The molecule has 1 heterocycles. The van der Waals surface area contributed by atoms with Crippen LogP contribution in [0.25, 0.3) is 0 Å². The van der Waals surface area contributed by atoms with Crippen LogP contribution in [0.1, 0.15) is 124 Å². The lowest BCUT2D eigenvalue weighted by atomic mass is 9.37. The van der Waals surface area contributed by atoms with Gasteiger partial charge in [-0.3, -0.25) is 24.1 Å². The third kappa shape index (κ3) is 7.76. The number of rotatable bonds is 13. The number of carbonyl (C=O) groups excluding carboxylic acids is 3. The van der Waals surface area contributed by atoms with Crippen molar-refractivity contribution < 1.29 is 33.8 Å². The lowest BCUT2D eigenvalue weighted by molar-refractivity contribution is -0.173. The largest absolute Gasteiger partial charge is 0.492 e. The Morgan fingerprint density at radius 2 is 1.61 bits per heavy atom. The number of carboxylic acids is 1. The van der Waals surface area contributed by atoms with Crippen LogP contribution in [-0.4, -0.2) is 72.9 Å². The minimum atomic E-state index is -0.760. The molecule has 1 aliphatic heterocycles. The van der Waals surface area contributed by atoms with Gasteiger partial charge in [0.25, 0.3) is 0 Å². The fourth-order valence-electron chi connectivity index (χ4n) is 15.0. The van der Waals surface area contributed by atoms with Gasteiger partial charge in [0.2, 0.25) is 5.91 Å². The summed E-state index contributed by atoms with van der Waals surface area (Å²) in [6.07, 6.45) is 10.8. The van der Waals surface area contributed by atoms with Gasteiger partial charge >= 0.3 is 5.97 Å². The first-order valence-electron chi connectivity index (χ1n) is 23.5. The van der Waals surface area contributed by atoms with E-state index in [0.29, 0.717) is 80.1 Å². The molecular weight excluding hydrogens is 741 g/mol. The summed E-state index contributed by atoms with van der Waals surface area (Å²) in [5, 5.41) is 12.7. The quantitative estimate of drug-likeness (QED) is 0.203. The van der Waals surface area contributed by atoms with Gasteiger partial charge in [0, 0.05) is 56.8 Å². The van der Waals surface area contributed by atoms with Crippen LogP contribution in [0, 0.1) is 75.4 Å². The van der Waals surface area contributed by atoms with Crippen molar-refractivity contribution in [3.8, 4) is 5.75 Å². The highest BCUT2D eigenvalue weighted by Gasteiger charge is 2.65. The number of carbonyl (C=O) groups is 4. The summed E-state index contributed by atoms with van der Waals surface area (Å²) >= 11 is 0. The zero-order valence-electron chi connectivity index (χ0n) is 36.9. The molecule has 6 aliphatic carbocycles. The van der Waals surface area contributed by atoms with E-state index in [1.165, 1.54) is 18.4 Å². The van der Waals surface area contributed by atoms with Crippen molar-refractivity contribution in [2.24, 2.45) is 75.4 Å². The fraction of sp³-hybridized carbons (Fsp3) is 0.760. The summed E-state index contributed by atoms with van der Waals surface area (Å²) < 4.78 is 11.4. The zero-order chi connectivity index (χ0) is 41.9. The lowest BCUT2D eigenvalue weighted by Crippen LogP contribution is -2.60. The number of nitrogens with one attached hydrogen (secondary N) is 1. The van der Waals surface area contributed by atoms with Crippen LogP contribution in [0.5, 0.6) is 5.75 Å². The highest BCUT2D eigenvalue weighted by Crippen LogP contribution is 2.72. The van der Waals surface area contributed by atoms with E-state index in [0.717, 1.165) is 88.3 Å². The molecule has 6 fully saturated rings. The summed E-state index contributed by atoms with van der Waals surface area (Å²) in [5.41, 5.74) is 3.45. The van der Waals surface area contributed by atoms with E-state index < -0.39 is 5.97 Å². The van der Waals surface area contributed by atoms with Crippen molar-refractivity contribution in [3.05, 3.63) is 41.0 Å². The Morgan fingerprint density at radius 3 is 2.31 bits per heavy atom. The molecule has 1 saturated heterocycles. The first kappa shape index (κ1) is 42.6. The van der Waals surface area contributed by atoms with E-state index in [-0.39, 0.29) is 51.6 Å². The topological polar surface area (TPSA) is 122 Å². The molecule has 0 radical (unpaired) electrons. The van der Waals surface area contributed by atoms with Crippen LogP contribution < -0.4 is 10.1 Å². The van der Waals surface area contributed by atoms with Crippen molar-refractivity contribution in [3.63, 3.8) is 0 Å². The van der Waals surface area contributed by atoms with Gasteiger partial charge in [-0.25, -0.2) is 0 Å². The Balaban J connectivity index is 0.913. The second-order valence-corrected chi connectivity index (χ2v) is 21.3. The Morgan fingerprint density at radius 1 is 0.915 bits per heavy atom. The van der Waals surface area contributed by atoms with Crippen molar-refractivity contribution in [2.75, 3.05) is 39.5 Å². The molecule has 12 unspecified atom stereocenters. The van der Waals surface area contributed by atoms with Gasteiger partial charge in [0.05, 0.1) is 19.1 Å². The molecule has 5 saturated carbocycles. The van der Waals surface area contributed by atoms with Crippen LogP contribution in [0.15, 0.2) is 35.4 Å². The SMILES string of the molecule is CC(C)C1=C2C3CCC4C(C)(CCC5C(C)C(CC(=O)C6CC(C(=O)O)C6C)CCC54C)C3CCC2(CC(=O)NCc2ccc(OCCN3CCOCC3)cc2)CC1=O. The van der Waals surface area contributed by atoms with Crippen molar-refractivity contribution in [1.29, 1.82) is 0 Å². The Kier molecular flexibility index (Phi) is 12.1. The number of nitrogens with zero attached hydrogens (tertiary/aromatic N) is 1. The number of ether oxygens (including phenoxy) is 2. The number of hydrogen-bond acceptors (Lipinski definition) is 7. The number of aliphatic carboxylic acids is 1. The standard InChI is InChI=1S/C50H72N2O7/c1-30(2)45-42(54)27-50(28-44(55)51-29-33-7-9-35(10-8-33)59-24-21-52-19-22-58-23-20-52)18-15-40-36(46(45)50)11-12-43-48(5)16-13-34(31(3)39(48)14-17-49(40,43)6)25-41(53)37-26-38(32(37)4)47(56)57/h7-10,30-32,34,36-40,43H,11-29H2,1-6H3,(H,51,55)(H,56,57). The van der Waals surface area contributed by atoms with Gasteiger partial charge in [-0.05, 0) is 139 Å². The Hall–Kier alpha value is -3.04. The van der Waals surface area contributed by atoms with Crippen LogP contribution in [0.4, 0.5) is 0 Å². The highest BCUT2D eigenvalue weighted by atomic mass is 16.5. The van der Waals surface area contributed by atoms with Gasteiger partial charge < -0.3 is 19.9 Å². The van der Waals surface area contributed by atoms with E-state index in [2.05, 4.69) is 44.8 Å². The third-order valence-electron chi connectivity index (χ3n) is 18.2. The summed E-state index contributed by atoms with van der Waals surface area (Å²) in [5.74, 6) is 3.22. The van der Waals surface area contributed by atoms with Crippen molar-refractivity contribution in [1.82, 2.24) is 10.2 Å². The predicted molar refractivity (Wildman–Crippen MR) is 227 cm³/mol. The number of fused-ring (bicyclic) bond motifs is 7. The molecule has 324 valence electrons. The van der Waals surface area contributed by atoms with Gasteiger partial charge in [-0.15, -0.1) is 0 Å². The Labute approximate surface area is 353 Å². The molecule has 0 spiro atoms. The second-order valence-electron chi connectivity index (χ2n) is 21.3. The average Bonchev–Trinajstić information content (AvgIpc) is 3.50. The molecule has 12 atom stereocenters. The van der Waals surface area contributed by atoms with Crippen LogP contribution >= 0.6 is 0 Å². The number of Topliss-reactive ketones (excluding diaryl/α,β-unsaturated/α-hetero) is 2. The number of morpholine rings is 1. The number of hydrogen-bond donors (Lipinski definition) is 2. The maximum atomic E-state index is 14.0. The number of carboxylic acid groups (broad SMARTS) is 1. The van der Waals surface area contributed by atoms with Gasteiger partial charge in [-0.1, -0.05) is 59.2 Å². The molecule has 1 amide bonds. The fourth-order valence-corrected chi connectivity index (χ4v) is 15.0. The monoisotopic (exact) mass is 813 g/mol. The molecule has 9 nitrogen and oxygen atoms in total. The van der Waals surface area contributed by atoms with E-state index >= 15 is 0 Å². The molecule has 59 heavy (non-hydrogen) atoms. The van der Waals surface area contributed by atoms with Gasteiger partial charge in [0.1, 0.15) is 18.1 Å². The van der Waals surface area contributed by atoms with Crippen LogP contribution in [-0.2, 0) is 30.5 Å². The molecule has 9 heteroatoms. The van der Waals surface area contributed by atoms with Crippen molar-refractivity contribution in [2.45, 2.75) is 125 Å². The van der Waals surface area contributed by atoms with E-state index in [9.17, 15) is 24.3 Å². The zero-order valence-corrected chi connectivity index (χ0v) is 36.9. The molecular formula is C50H72N2O7. The summed E-state index contributed by atoms with van der Waals surface area (Å²) in [7, 11) is 0. The second kappa shape index (κ2) is 16.7. The van der Waals surface area contributed by atoms with E-state index in [4.69, 9.17) is 9.47 Å². The van der Waals surface area contributed by atoms with Gasteiger partial charge in [-0.2, -0.15) is 0 Å². The minimum absolute atomic E-state index is 0.0372.